The molecule has 1 amide bonds. The molecule has 0 radical (unpaired) electrons. The van der Waals surface area contributed by atoms with Crippen LogP contribution in [0.1, 0.15) is 32.3 Å². The fourth-order valence-electron chi connectivity index (χ4n) is 2.93. The van der Waals surface area contributed by atoms with Crippen LogP contribution in [0.4, 0.5) is 5.69 Å². The van der Waals surface area contributed by atoms with E-state index in [1.165, 1.54) is 0 Å². The molecule has 4 nitrogen and oxygen atoms in total. The van der Waals surface area contributed by atoms with Crippen LogP contribution in [0.5, 0.6) is 5.75 Å². The van der Waals surface area contributed by atoms with Gasteiger partial charge in [-0.1, -0.05) is 6.07 Å². The third-order valence-electron chi connectivity index (χ3n) is 4.03. The van der Waals surface area contributed by atoms with Gasteiger partial charge < -0.3 is 14.4 Å². The van der Waals surface area contributed by atoms with Gasteiger partial charge in [-0.25, -0.2) is 0 Å². The van der Waals surface area contributed by atoms with E-state index in [-0.39, 0.29) is 11.9 Å². The summed E-state index contributed by atoms with van der Waals surface area (Å²) in [5, 5.41) is 0. The van der Waals surface area contributed by atoms with E-state index >= 15 is 0 Å². The Morgan fingerprint density at radius 1 is 1.25 bits per heavy atom. The van der Waals surface area contributed by atoms with Gasteiger partial charge in [0.05, 0.1) is 5.69 Å². The van der Waals surface area contributed by atoms with Gasteiger partial charge in [-0.15, -0.1) is 0 Å². The minimum Gasteiger partial charge on any atom is -0.476 e. The van der Waals surface area contributed by atoms with Crippen molar-refractivity contribution in [3.05, 3.63) is 23.8 Å². The number of benzene rings is 1. The van der Waals surface area contributed by atoms with Crippen molar-refractivity contribution >= 4 is 11.6 Å². The van der Waals surface area contributed by atoms with Crippen molar-refractivity contribution in [2.45, 2.75) is 45.3 Å². The Morgan fingerprint density at radius 3 is 2.65 bits per heavy atom. The molecule has 0 aromatic heterocycles. The highest BCUT2D eigenvalue weighted by molar-refractivity contribution is 6.02. The molecule has 0 atom stereocenters. The van der Waals surface area contributed by atoms with Gasteiger partial charge in [0.15, 0.2) is 5.60 Å². The zero-order valence-corrected chi connectivity index (χ0v) is 12.3. The molecule has 108 valence electrons. The number of ether oxygens (including phenoxy) is 2. The number of carbonyl (C=O) groups excluding carboxylic acids is 1. The van der Waals surface area contributed by atoms with Crippen LogP contribution >= 0.6 is 0 Å². The molecule has 0 unspecified atom stereocenters. The number of nitrogens with zero attached hydrogens (tertiary/aromatic N) is 1. The van der Waals surface area contributed by atoms with E-state index in [0.29, 0.717) is 0 Å². The van der Waals surface area contributed by atoms with Gasteiger partial charge in [0.2, 0.25) is 0 Å². The molecule has 0 bridgehead atoms. The highest BCUT2D eigenvalue weighted by Gasteiger charge is 2.43. The Kier molecular flexibility index (Phi) is 3.21. The third-order valence-corrected chi connectivity index (χ3v) is 4.03. The second-order valence-electron chi connectivity index (χ2n) is 6.10. The van der Waals surface area contributed by atoms with Gasteiger partial charge >= 0.3 is 0 Å². The van der Waals surface area contributed by atoms with Crippen molar-refractivity contribution < 1.29 is 14.3 Å². The predicted octanol–water partition coefficient (Wildman–Crippen LogP) is 2.68. The third kappa shape index (κ3) is 2.18. The smallest absolute Gasteiger partial charge is 0.270 e. The normalized spacial score (nSPS) is 22.4. The second kappa shape index (κ2) is 4.77. The van der Waals surface area contributed by atoms with E-state index in [1.807, 2.05) is 43.9 Å². The Hall–Kier alpha value is -1.55. The van der Waals surface area contributed by atoms with Crippen LogP contribution in [0.3, 0.4) is 0 Å². The molecular weight excluding hydrogens is 254 g/mol. The summed E-state index contributed by atoms with van der Waals surface area (Å²) in [5.41, 5.74) is 1.23. The van der Waals surface area contributed by atoms with Crippen LogP contribution in [0.2, 0.25) is 0 Å². The second-order valence-corrected chi connectivity index (χ2v) is 6.10. The lowest BCUT2D eigenvalue weighted by Gasteiger charge is -2.43. The summed E-state index contributed by atoms with van der Waals surface area (Å²) in [7, 11) is 0. The van der Waals surface area contributed by atoms with Gasteiger partial charge in [-0.2, -0.15) is 0 Å². The lowest BCUT2D eigenvalue weighted by Crippen LogP contribution is -2.57. The largest absolute Gasteiger partial charge is 0.476 e. The Bertz CT molecular complexity index is 533. The molecule has 3 rings (SSSR count). The molecule has 1 aromatic carbocycles. The Balaban J connectivity index is 2.05. The molecule has 0 spiro atoms. The van der Waals surface area contributed by atoms with E-state index in [1.54, 1.807) is 0 Å². The number of aryl methyl sites for hydroxylation is 1. The summed E-state index contributed by atoms with van der Waals surface area (Å²) >= 11 is 0. The molecule has 2 aliphatic rings. The van der Waals surface area contributed by atoms with E-state index in [4.69, 9.17) is 9.47 Å². The number of hydrogen-bond donors (Lipinski definition) is 0. The van der Waals surface area contributed by atoms with Crippen LogP contribution in [0, 0.1) is 6.92 Å². The molecule has 4 heteroatoms. The molecule has 0 N–H and O–H groups in total. The van der Waals surface area contributed by atoms with Crippen molar-refractivity contribution in [3.8, 4) is 5.75 Å². The first kappa shape index (κ1) is 13.4. The molecule has 1 saturated heterocycles. The van der Waals surface area contributed by atoms with Gasteiger partial charge in [-0.3, -0.25) is 4.79 Å². The molecule has 1 fully saturated rings. The fraction of sp³-hybridized carbons (Fsp3) is 0.562. The average molecular weight is 275 g/mol. The van der Waals surface area contributed by atoms with E-state index in [9.17, 15) is 4.79 Å². The van der Waals surface area contributed by atoms with Crippen LogP contribution < -0.4 is 9.64 Å². The SMILES string of the molecule is Cc1ccc2c(c1)N(C1CCOCC1)C(=O)C(C)(C)O2. The van der Waals surface area contributed by atoms with Crippen LogP contribution in [0.25, 0.3) is 0 Å². The lowest BCUT2D eigenvalue weighted by atomic mass is 9.97. The topological polar surface area (TPSA) is 38.8 Å². The van der Waals surface area contributed by atoms with E-state index in [0.717, 1.165) is 43.1 Å². The van der Waals surface area contributed by atoms with Crippen molar-refractivity contribution in [2.24, 2.45) is 0 Å². The maximum atomic E-state index is 12.8. The first-order chi connectivity index (χ1) is 9.49. The van der Waals surface area contributed by atoms with Crippen molar-refractivity contribution in [1.82, 2.24) is 0 Å². The Labute approximate surface area is 119 Å². The number of hydrogen-bond acceptors (Lipinski definition) is 3. The van der Waals surface area contributed by atoms with E-state index in [2.05, 4.69) is 0 Å². The Morgan fingerprint density at radius 2 is 1.95 bits per heavy atom. The number of rotatable bonds is 1. The minimum atomic E-state index is -0.805. The maximum Gasteiger partial charge on any atom is 0.270 e. The molecule has 2 aliphatic heterocycles. The number of anilines is 1. The quantitative estimate of drug-likeness (QED) is 0.791. The average Bonchev–Trinajstić information content (AvgIpc) is 2.42. The zero-order valence-electron chi connectivity index (χ0n) is 12.3. The van der Waals surface area contributed by atoms with Crippen LogP contribution in [0.15, 0.2) is 18.2 Å². The minimum absolute atomic E-state index is 0.0440. The van der Waals surface area contributed by atoms with Crippen molar-refractivity contribution in [1.29, 1.82) is 0 Å². The van der Waals surface area contributed by atoms with Gasteiger partial charge in [0.25, 0.3) is 5.91 Å². The molecule has 0 aliphatic carbocycles. The summed E-state index contributed by atoms with van der Waals surface area (Å²) in [4.78, 5) is 14.7. The summed E-state index contributed by atoms with van der Waals surface area (Å²) in [6, 6.07) is 6.23. The lowest BCUT2D eigenvalue weighted by molar-refractivity contribution is -0.133. The predicted molar refractivity (Wildman–Crippen MR) is 77.2 cm³/mol. The monoisotopic (exact) mass is 275 g/mol. The molecule has 20 heavy (non-hydrogen) atoms. The summed E-state index contributed by atoms with van der Waals surface area (Å²) in [5.74, 6) is 0.842. The summed E-state index contributed by atoms with van der Waals surface area (Å²) in [6.45, 7) is 7.15. The first-order valence-corrected chi connectivity index (χ1v) is 7.20. The molecule has 1 aromatic rings. The molecular formula is C16H21NO3. The maximum absolute atomic E-state index is 12.8. The highest BCUT2D eigenvalue weighted by atomic mass is 16.5. The molecule has 0 saturated carbocycles. The van der Waals surface area contributed by atoms with Crippen LogP contribution in [-0.4, -0.2) is 30.8 Å². The van der Waals surface area contributed by atoms with Crippen molar-refractivity contribution in [2.75, 3.05) is 18.1 Å². The summed E-state index contributed by atoms with van der Waals surface area (Å²) < 4.78 is 11.3. The first-order valence-electron chi connectivity index (χ1n) is 7.20. The van der Waals surface area contributed by atoms with Gasteiger partial charge in [-0.05, 0) is 51.3 Å². The number of fused-ring (bicyclic) bond motifs is 1. The fourth-order valence-corrected chi connectivity index (χ4v) is 2.93. The summed E-state index contributed by atoms with van der Waals surface area (Å²) in [6.07, 6.45) is 1.77. The van der Waals surface area contributed by atoms with Crippen molar-refractivity contribution in [3.63, 3.8) is 0 Å². The number of carbonyl (C=O) groups is 1. The van der Waals surface area contributed by atoms with Gasteiger partial charge in [0.1, 0.15) is 5.75 Å². The van der Waals surface area contributed by atoms with Crippen LogP contribution in [-0.2, 0) is 9.53 Å². The zero-order chi connectivity index (χ0) is 14.3. The number of amides is 1. The molecule has 2 heterocycles. The standard InChI is InChI=1S/C16H21NO3/c1-11-4-5-14-13(10-11)17(12-6-8-19-9-7-12)15(18)16(2,3)20-14/h4-5,10,12H,6-9H2,1-3H3. The highest BCUT2D eigenvalue weighted by Crippen LogP contribution is 2.40. The van der Waals surface area contributed by atoms with E-state index < -0.39 is 5.60 Å². The van der Waals surface area contributed by atoms with Gasteiger partial charge in [0, 0.05) is 19.3 Å².